The third-order valence-electron chi connectivity index (χ3n) is 5.44. The molecule has 140 valence electrons. The van der Waals surface area contributed by atoms with E-state index in [1.54, 1.807) is 11.3 Å². The summed E-state index contributed by atoms with van der Waals surface area (Å²) in [5, 5.41) is 2.10. The number of nitrogens with zero attached hydrogens (tertiary/aromatic N) is 2. The molecule has 5 rings (SSSR count). The number of thiophene rings is 1. The number of fused-ring (bicyclic) bond motifs is 2. The van der Waals surface area contributed by atoms with Crippen LogP contribution in [0.25, 0.3) is 0 Å². The fourth-order valence-corrected chi connectivity index (χ4v) is 5.04. The third-order valence-corrected chi connectivity index (χ3v) is 6.43. The second kappa shape index (κ2) is 6.65. The number of halogens is 1. The highest BCUT2D eigenvalue weighted by atomic mass is 32.1. The van der Waals surface area contributed by atoms with Crippen molar-refractivity contribution in [3.8, 4) is 0 Å². The molecule has 28 heavy (non-hydrogen) atoms. The zero-order valence-electron chi connectivity index (χ0n) is 15.0. The zero-order valence-corrected chi connectivity index (χ0v) is 15.8. The van der Waals surface area contributed by atoms with Gasteiger partial charge in [-0.1, -0.05) is 30.3 Å². The Morgan fingerprint density at radius 1 is 1.07 bits per heavy atom. The number of carbonyl (C=O) groups is 2. The predicted molar refractivity (Wildman–Crippen MR) is 106 cm³/mol. The molecule has 3 heterocycles. The Bertz CT molecular complexity index is 1080. The Kier molecular flexibility index (Phi) is 4.10. The van der Waals surface area contributed by atoms with Gasteiger partial charge in [0.15, 0.2) is 0 Å². The summed E-state index contributed by atoms with van der Waals surface area (Å²) in [6, 6.07) is 16.3. The SMILES string of the molecule is O=C1C(=O)N(CN2CCc3sccc3C2c2ccccc2)c2ccc(F)cc21. The van der Waals surface area contributed by atoms with Crippen molar-refractivity contribution < 1.29 is 14.0 Å². The van der Waals surface area contributed by atoms with Crippen LogP contribution in [0.15, 0.2) is 60.0 Å². The molecule has 1 unspecified atom stereocenters. The molecule has 2 aliphatic rings. The molecular weight excluding hydrogens is 375 g/mol. The van der Waals surface area contributed by atoms with Crippen molar-refractivity contribution in [2.24, 2.45) is 0 Å². The van der Waals surface area contributed by atoms with Gasteiger partial charge in [0.1, 0.15) is 5.82 Å². The molecule has 0 saturated carbocycles. The lowest BCUT2D eigenvalue weighted by atomic mass is 9.93. The van der Waals surface area contributed by atoms with Crippen molar-refractivity contribution in [2.45, 2.75) is 12.5 Å². The van der Waals surface area contributed by atoms with Gasteiger partial charge in [-0.15, -0.1) is 11.3 Å². The molecule has 6 heteroatoms. The van der Waals surface area contributed by atoms with Gasteiger partial charge in [-0.05, 0) is 47.2 Å². The second-order valence-electron chi connectivity index (χ2n) is 7.04. The highest BCUT2D eigenvalue weighted by molar-refractivity contribution is 7.10. The zero-order chi connectivity index (χ0) is 19.3. The predicted octanol–water partition coefficient (Wildman–Crippen LogP) is 4.02. The van der Waals surface area contributed by atoms with Gasteiger partial charge < -0.3 is 0 Å². The first kappa shape index (κ1) is 17.3. The third kappa shape index (κ3) is 2.68. The van der Waals surface area contributed by atoms with Gasteiger partial charge in [-0.25, -0.2) is 4.39 Å². The van der Waals surface area contributed by atoms with E-state index in [0.717, 1.165) is 24.6 Å². The normalized spacial score (nSPS) is 19.0. The summed E-state index contributed by atoms with van der Waals surface area (Å²) < 4.78 is 13.6. The van der Waals surface area contributed by atoms with Gasteiger partial charge in [0.05, 0.1) is 24.0 Å². The Labute approximate surface area is 165 Å². The summed E-state index contributed by atoms with van der Waals surface area (Å²) in [4.78, 5) is 30.0. The average Bonchev–Trinajstić information content (AvgIpc) is 3.28. The lowest BCUT2D eigenvalue weighted by molar-refractivity contribution is -0.114. The number of anilines is 1. The number of Topliss-reactive ketones (excluding diaryl/α,β-unsaturated/α-hetero) is 1. The maximum atomic E-state index is 13.6. The second-order valence-corrected chi connectivity index (χ2v) is 8.04. The Balaban J connectivity index is 1.53. The van der Waals surface area contributed by atoms with Crippen molar-refractivity contribution in [2.75, 3.05) is 18.1 Å². The number of ketones is 1. The smallest absolute Gasteiger partial charge is 0.291 e. The van der Waals surface area contributed by atoms with Crippen molar-refractivity contribution in [1.29, 1.82) is 0 Å². The van der Waals surface area contributed by atoms with Gasteiger partial charge in [0.2, 0.25) is 0 Å². The lowest BCUT2D eigenvalue weighted by Gasteiger charge is -2.38. The molecule has 1 amide bonds. The fourth-order valence-electron chi connectivity index (χ4n) is 4.14. The molecular formula is C22H17FN2O2S. The fraction of sp³-hybridized carbons (Fsp3) is 0.182. The summed E-state index contributed by atoms with van der Waals surface area (Å²) in [5.41, 5.74) is 3.03. The van der Waals surface area contributed by atoms with E-state index in [0.29, 0.717) is 5.69 Å². The molecule has 0 saturated heterocycles. The van der Waals surface area contributed by atoms with Gasteiger partial charge >= 0.3 is 5.91 Å². The van der Waals surface area contributed by atoms with Crippen LogP contribution in [-0.2, 0) is 11.2 Å². The van der Waals surface area contributed by atoms with Gasteiger partial charge in [-0.2, -0.15) is 0 Å². The van der Waals surface area contributed by atoms with E-state index in [9.17, 15) is 14.0 Å². The van der Waals surface area contributed by atoms with Crippen LogP contribution in [0, 0.1) is 5.82 Å². The molecule has 1 atom stereocenters. The van der Waals surface area contributed by atoms with Gasteiger partial charge in [0, 0.05) is 11.4 Å². The van der Waals surface area contributed by atoms with E-state index in [1.165, 1.54) is 27.5 Å². The Morgan fingerprint density at radius 3 is 2.71 bits per heavy atom. The molecule has 0 fully saturated rings. The highest BCUT2D eigenvalue weighted by Gasteiger charge is 2.39. The monoisotopic (exact) mass is 392 g/mol. The maximum Gasteiger partial charge on any atom is 0.300 e. The first-order valence-electron chi connectivity index (χ1n) is 9.14. The molecule has 3 aromatic rings. The van der Waals surface area contributed by atoms with Gasteiger partial charge in [0.25, 0.3) is 5.78 Å². The van der Waals surface area contributed by atoms with Crippen molar-refractivity contribution in [3.05, 3.63) is 87.4 Å². The van der Waals surface area contributed by atoms with Crippen LogP contribution in [0.5, 0.6) is 0 Å². The van der Waals surface area contributed by atoms with E-state index in [4.69, 9.17) is 0 Å². The minimum Gasteiger partial charge on any atom is -0.291 e. The van der Waals surface area contributed by atoms with Crippen LogP contribution in [0.2, 0.25) is 0 Å². The van der Waals surface area contributed by atoms with Crippen LogP contribution >= 0.6 is 11.3 Å². The number of carbonyl (C=O) groups excluding carboxylic acids is 2. The number of rotatable bonds is 3. The minimum absolute atomic E-state index is 0.0172. The molecule has 0 radical (unpaired) electrons. The van der Waals surface area contributed by atoms with Crippen molar-refractivity contribution >= 4 is 28.7 Å². The summed E-state index contributed by atoms with van der Waals surface area (Å²) in [6.45, 7) is 1.07. The summed E-state index contributed by atoms with van der Waals surface area (Å²) in [6.07, 6.45) is 0.905. The Hall–Kier alpha value is -2.83. The number of hydrogen-bond donors (Lipinski definition) is 0. The number of amides is 1. The highest BCUT2D eigenvalue weighted by Crippen LogP contribution is 2.39. The molecule has 0 N–H and O–H groups in total. The topological polar surface area (TPSA) is 40.6 Å². The molecule has 0 bridgehead atoms. The van der Waals surface area contributed by atoms with E-state index in [-0.39, 0.29) is 18.3 Å². The standard InChI is InChI=1S/C22H17FN2O2S/c23-15-6-7-18-17(12-15)21(26)22(27)25(18)13-24-10-8-19-16(9-11-28-19)20(24)14-4-2-1-3-5-14/h1-7,9,11-12,20H,8,10,13H2. The maximum absolute atomic E-state index is 13.6. The molecule has 2 aromatic carbocycles. The first-order valence-corrected chi connectivity index (χ1v) is 10.0. The van der Waals surface area contributed by atoms with Crippen molar-refractivity contribution in [3.63, 3.8) is 0 Å². The first-order chi connectivity index (χ1) is 13.6. The minimum atomic E-state index is -0.640. The van der Waals surface area contributed by atoms with Gasteiger partial charge in [-0.3, -0.25) is 19.4 Å². The van der Waals surface area contributed by atoms with Crippen LogP contribution in [0.1, 0.15) is 32.4 Å². The van der Waals surface area contributed by atoms with E-state index < -0.39 is 17.5 Å². The quantitative estimate of drug-likeness (QED) is 0.632. The summed E-state index contributed by atoms with van der Waals surface area (Å²) in [7, 11) is 0. The van der Waals surface area contributed by atoms with Crippen LogP contribution in [0.4, 0.5) is 10.1 Å². The average molecular weight is 392 g/mol. The van der Waals surface area contributed by atoms with E-state index in [2.05, 4.69) is 28.5 Å². The molecule has 1 aromatic heterocycles. The molecule has 2 aliphatic heterocycles. The summed E-state index contributed by atoms with van der Waals surface area (Å²) in [5.74, 6) is -1.74. The van der Waals surface area contributed by atoms with E-state index in [1.807, 2.05) is 18.2 Å². The largest absolute Gasteiger partial charge is 0.300 e. The number of benzene rings is 2. The molecule has 0 spiro atoms. The number of hydrogen-bond acceptors (Lipinski definition) is 4. The van der Waals surface area contributed by atoms with Crippen molar-refractivity contribution in [1.82, 2.24) is 4.90 Å². The Morgan fingerprint density at radius 2 is 1.89 bits per heavy atom. The summed E-state index contributed by atoms with van der Waals surface area (Å²) >= 11 is 1.76. The molecule has 0 aliphatic carbocycles. The van der Waals surface area contributed by atoms with E-state index >= 15 is 0 Å². The van der Waals surface area contributed by atoms with Crippen LogP contribution in [0.3, 0.4) is 0 Å². The van der Waals surface area contributed by atoms with Crippen LogP contribution < -0.4 is 4.90 Å². The molecule has 4 nitrogen and oxygen atoms in total. The lowest BCUT2D eigenvalue weighted by Crippen LogP contribution is -2.45. The van der Waals surface area contributed by atoms with Crippen LogP contribution in [-0.4, -0.2) is 29.8 Å².